The van der Waals surface area contributed by atoms with Gasteiger partial charge in [0.25, 0.3) is 0 Å². The van der Waals surface area contributed by atoms with E-state index in [4.69, 9.17) is 21.8 Å². The molecule has 1 rings (SSSR count). The van der Waals surface area contributed by atoms with Crippen molar-refractivity contribution in [2.24, 2.45) is 0 Å². The lowest BCUT2D eigenvalue weighted by Gasteiger charge is -2.00. The van der Waals surface area contributed by atoms with Gasteiger partial charge in [0.15, 0.2) is 11.6 Å². The molecule has 1 aromatic rings. The fourth-order valence-electron chi connectivity index (χ4n) is 0.706. The first-order valence-corrected chi connectivity index (χ1v) is 3.32. The summed E-state index contributed by atoms with van der Waals surface area (Å²) in [6, 6.07) is 2.10. The zero-order valence-electron chi connectivity index (χ0n) is 5.71. The molecule has 0 aliphatic carbocycles. The van der Waals surface area contributed by atoms with Crippen molar-refractivity contribution in [3.63, 3.8) is 0 Å². The third kappa shape index (κ3) is 1.33. The van der Waals surface area contributed by atoms with Gasteiger partial charge in [0, 0.05) is 0 Å². The van der Waals surface area contributed by atoms with Crippen LogP contribution < -0.4 is 0 Å². The van der Waals surface area contributed by atoms with E-state index in [0.29, 0.717) is 0 Å². The number of carbonyl (C=O) groups is 1. The Morgan fingerprint density at radius 3 is 2.58 bits per heavy atom. The molecular weight excluding hydrogens is 187 g/mol. The van der Waals surface area contributed by atoms with E-state index in [0.717, 1.165) is 12.1 Å². The van der Waals surface area contributed by atoms with Gasteiger partial charge in [-0.05, 0) is 12.1 Å². The predicted octanol–water partition coefficient (Wildman–Crippen LogP) is 1.88. The number of halogens is 2. The predicted molar refractivity (Wildman–Crippen MR) is 40.0 cm³/mol. The maximum Gasteiger partial charge on any atom is 0.338 e. The highest BCUT2D eigenvalue weighted by molar-refractivity contribution is 6.32. The van der Waals surface area contributed by atoms with Crippen LogP contribution in [0.2, 0.25) is 5.02 Å². The van der Waals surface area contributed by atoms with Gasteiger partial charge in [-0.15, -0.1) is 0 Å². The van der Waals surface area contributed by atoms with Gasteiger partial charge in [-0.25, -0.2) is 9.18 Å². The maximum atomic E-state index is 12.8. The summed E-state index contributed by atoms with van der Waals surface area (Å²) in [7, 11) is 0. The molecule has 1 aromatic carbocycles. The summed E-state index contributed by atoms with van der Waals surface area (Å²) in [6.07, 6.45) is 0. The van der Waals surface area contributed by atoms with Crippen LogP contribution in [0.25, 0.3) is 0 Å². The van der Waals surface area contributed by atoms with E-state index in [1.165, 1.54) is 0 Å². The van der Waals surface area contributed by atoms with Crippen LogP contribution in [0.3, 0.4) is 0 Å². The lowest BCUT2D eigenvalue weighted by Crippen LogP contribution is -2.00. The van der Waals surface area contributed by atoms with E-state index in [1.54, 1.807) is 0 Å². The molecule has 64 valence electrons. The van der Waals surface area contributed by atoms with Crippen LogP contribution in [-0.2, 0) is 0 Å². The number of hydrogen-bond acceptors (Lipinski definition) is 2. The minimum Gasteiger partial charge on any atom is -0.504 e. The molecule has 0 fully saturated rings. The van der Waals surface area contributed by atoms with Gasteiger partial charge >= 0.3 is 5.97 Å². The molecular formula is C7H4ClFO3. The summed E-state index contributed by atoms with van der Waals surface area (Å²) in [4.78, 5) is 10.3. The number of carboxylic acid groups (broad SMARTS) is 1. The monoisotopic (exact) mass is 190 g/mol. The van der Waals surface area contributed by atoms with E-state index in [2.05, 4.69) is 0 Å². The van der Waals surface area contributed by atoms with Crippen molar-refractivity contribution in [1.29, 1.82) is 0 Å². The zero-order valence-corrected chi connectivity index (χ0v) is 6.47. The molecule has 0 spiro atoms. The number of carboxylic acids is 1. The van der Waals surface area contributed by atoms with Gasteiger partial charge in [0.2, 0.25) is 0 Å². The lowest BCUT2D eigenvalue weighted by molar-refractivity contribution is 0.0691. The highest BCUT2D eigenvalue weighted by atomic mass is 35.5. The number of aromatic carboxylic acids is 1. The van der Waals surface area contributed by atoms with Crippen molar-refractivity contribution < 1.29 is 19.4 Å². The molecule has 0 radical (unpaired) electrons. The van der Waals surface area contributed by atoms with E-state index >= 15 is 0 Å². The van der Waals surface area contributed by atoms with Crippen LogP contribution in [-0.4, -0.2) is 16.2 Å². The van der Waals surface area contributed by atoms with E-state index in [-0.39, 0.29) is 5.02 Å². The largest absolute Gasteiger partial charge is 0.504 e. The molecule has 2 N–H and O–H groups in total. The van der Waals surface area contributed by atoms with E-state index in [9.17, 15) is 9.18 Å². The summed E-state index contributed by atoms with van der Waals surface area (Å²) in [5.74, 6) is -3.49. The summed E-state index contributed by atoms with van der Waals surface area (Å²) < 4.78 is 12.8. The molecule has 0 saturated carbocycles. The normalized spacial score (nSPS) is 9.83. The number of aromatic hydroxyl groups is 1. The molecule has 0 heterocycles. The Balaban J connectivity index is 3.36. The van der Waals surface area contributed by atoms with Gasteiger partial charge in [0.05, 0.1) is 10.6 Å². The van der Waals surface area contributed by atoms with Crippen LogP contribution >= 0.6 is 11.6 Å². The first-order valence-electron chi connectivity index (χ1n) is 2.94. The fourth-order valence-corrected chi connectivity index (χ4v) is 0.852. The van der Waals surface area contributed by atoms with Crippen LogP contribution in [0.15, 0.2) is 12.1 Å². The standard InChI is InChI=1S/C7H4ClFO3/c8-4-2-1-3(7(11)12)5(9)6(4)10/h1-2,10H,(H,11,12). The Labute approximate surface area is 72.0 Å². The molecule has 0 aromatic heterocycles. The third-order valence-corrected chi connectivity index (χ3v) is 1.60. The summed E-state index contributed by atoms with van der Waals surface area (Å²) in [5, 5.41) is 17.0. The number of hydrogen-bond donors (Lipinski definition) is 2. The summed E-state index contributed by atoms with van der Waals surface area (Å²) in [5.41, 5.74) is -0.600. The molecule has 0 bridgehead atoms. The number of benzene rings is 1. The second-order valence-electron chi connectivity index (χ2n) is 2.06. The average Bonchev–Trinajstić information content (AvgIpc) is 2.00. The van der Waals surface area contributed by atoms with Crippen LogP contribution in [0.1, 0.15) is 10.4 Å². The number of phenols is 1. The summed E-state index contributed by atoms with van der Waals surface area (Å²) in [6.45, 7) is 0. The SMILES string of the molecule is O=C(O)c1ccc(Cl)c(O)c1F. The fraction of sp³-hybridized carbons (Fsp3) is 0. The van der Waals surface area contributed by atoms with Crippen molar-refractivity contribution in [3.8, 4) is 5.75 Å². The van der Waals surface area contributed by atoms with Gasteiger partial charge in [0.1, 0.15) is 0 Å². The maximum absolute atomic E-state index is 12.8. The highest BCUT2D eigenvalue weighted by Gasteiger charge is 2.15. The van der Waals surface area contributed by atoms with Gasteiger partial charge < -0.3 is 10.2 Å². The van der Waals surface area contributed by atoms with E-state index < -0.39 is 23.1 Å². The van der Waals surface area contributed by atoms with Crippen LogP contribution in [0.5, 0.6) is 5.75 Å². The number of phenolic OH excluding ortho intramolecular Hbond substituents is 1. The zero-order chi connectivity index (χ0) is 9.30. The molecule has 0 atom stereocenters. The molecule has 0 aliphatic heterocycles. The molecule has 5 heteroatoms. The average molecular weight is 191 g/mol. The van der Waals surface area contributed by atoms with Crippen molar-refractivity contribution in [1.82, 2.24) is 0 Å². The van der Waals surface area contributed by atoms with Gasteiger partial charge in [-0.1, -0.05) is 11.6 Å². The van der Waals surface area contributed by atoms with Gasteiger partial charge in [-0.2, -0.15) is 0 Å². The smallest absolute Gasteiger partial charge is 0.338 e. The minimum absolute atomic E-state index is 0.211. The molecule has 0 amide bonds. The van der Waals surface area contributed by atoms with Crippen molar-refractivity contribution in [2.45, 2.75) is 0 Å². The highest BCUT2D eigenvalue weighted by Crippen LogP contribution is 2.28. The minimum atomic E-state index is -1.44. The number of rotatable bonds is 1. The van der Waals surface area contributed by atoms with Crippen molar-refractivity contribution in [2.75, 3.05) is 0 Å². The Bertz CT molecular complexity index is 338. The van der Waals surface area contributed by atoms with Gasteiger partial charge in [-0.3, -0.25) is 0 Å². The van der Waals surface area contributed by atoms with Crippen molar-refractivity contribution in [3.05, 3.63) is 28.5 Å². The molecule has 12 heavy (non-hydrogen) atoms. The Kier molecular flexibility index (Phi) is 2.19. The quantitative estimate of drug-likeness (QED) is 0.711. The Morgan fingerprint density at radius 1 is 1.50 bits per heavy atom. The summed E-state index contributed by atoms with van der Waals surface area (Å²) >= 11 is 5.31. The Hall–Kier alpha value is -1.29. The third-order valence-electron chi connectivity index (χ3n) is 1.30. The topological polar surface area (TPSA) is 57.5 Å². The first-order chi connectivity index (χ1) is 5.54. The van der Waals surface area contributed by atoms with Crippen LogP contribution in [0, 0.1) is 5.82 Å². The second-order valence-corrected chi connectivity index (χ2v) is 2.47. The lowest BCUT2D eigenvalue weighted by atomic mass is 10.2. The Morgan fingerprint density at radius 2 is 2.08 bits per heavy atom. The van der Waals surface area contributed by atoms with E-state index in [1.807, 2.05) is 0 Å². The molecule has 0 unspecified atom stereocenters. The van der Waals surface area contributed by atoms with Crippen molar-refractivity contribution >= 4 is 17.6 Å². The molecule has 0 saturated heterocycles. The first kappa shape index (κ1) is 8.80. The van der Waals surface area contributed by atoms with Crippen LogP contribution in [0.4, 0.5) is 4.39 Å². The second kappa shape index (κ2) is 2.98. The molecule has 3 nitrogen and oxygen atoms in total. The molecule has 0 aliphatic rings.